The number of rotatable bonds is 5. The number of hydrogen-bond donors (Lipinski definition) is 1. The van der Waals surface area contributed by atoms with Crippen molar-refractivity contribution in [3.8, 4) is 0 Å². The van der Waals surface area contributed by atoms with E-state index in [0.717, 1.165) is 25.3 Å². The highest BCUT2D eigenvalue weighted by Crippen LogP contribution is 2.19. The third-order valence-corrected chi connectivity index (χ3v) is 4.08. The fourth-order valence-corrected chi connectivity index (χ4v) is 3.34. The van der Waals surface area contributed by atoms with Gasteiger partial charge in [0.25, 0.3) is 0 Å². The van der Waals surface area contributed by atoms with Crippen LogP contribution in [0.3, 0.4) is 0 Å². The predicted molar refractivity (Wildman–Crippen MR) is 85.5 cm³/mol. The molecule has 21 heavy (non-hydrogen) atoms. The molecule has 1 aliphatic heterocycles. The van der Waals surface area contributed by atoms with Crippen LogP contribution in [0.5, 0.6) is 0 Å². The van der Waals surface area contributed by atoms with Crippen molar-refractivity contribution in [3.63, 3.8) is 0 Å². The van der Waals surface area contributed by atoms with E-state index in [-0.39, 0.29) is 18.1 Å². The summed E-state index contributed by atoms with van der Waals surface area (Å²) in [5.41, 5.74) is 1.01. The Bertz CT molecular complexity index is 465. The standard InChI is InChI=1S/C15H25N3O2S/c1-10(2)5-14(19)17-15-16-13(9-21-15)8-18-6-11(3)20-12(4)7-18/h9-12H,5-8H2,1-4H3,(H,16,17,19). The molecule has 1 aromatic heterocycles. The van der Waals surface area contributed by atoms with Gasteiger partial charge in [0, 0.05) is 31.4 Å². The lowest BCUT2D eigenvalue weighted by molar-refractivity contribution is -0.116. The number of amides is 1. The summed E-state index contributed by atoms with van der Waals surface area (Å²) >= 11 is 1.49. The van der Waals surface area contributed by atoms with Crippen LogP contribution in [0.15, 0.2) is 5.38 Å². The smallest absolute Gasteiger partial charge is 0.226 e. The monoisotopic (exact) mass is 311 g/mol. The quantitative estimate of drug-likeness (QED) is 0.908. The fraction of sp³-hybridized carbons (Fsp3) is 0.733. The maximum Gasteiger partial charge on any atom is 0.226 e. The Hall–Kier alpha value is -0.980. The lowest BCUT2D eigenvalue weighted by Crippen LogP contribution is -2.44. The van der Waals surface area contributed by atoms with Gasteiger partial charge in [-0.05, 0) is 19.8 Å². The summed E-state index contributed by atoms with van der Waals surface area (Å²) in [5.74, 6) is 0.403. The summed E-state index contributed by atoms with van der Waals surface area (Å²) in [6.07, 6.45) is 1.06. The number of carbonyl (C=O) groups excluding carboxylic acids is 1. The highest BCUT2D eigenvalue weighted by molar-refractivity contribution is 7.13. The van der Waals surface area contributed by atoms with Crippen molar-refractivity contribution in [2.24, 2.45) is 5.92 Å². The van der Waals surface area contributed by atoms with E-state index in [1.54, 1.807) is 0 Å². The van der Waals surface area contributed by atoms with Gasteiger partial charge in [-0.1, -0.05) is 13.8 Å². The molecular weight excluding hydrogens is 286 g/mol. The van der Waals surface area contributed by atoms with Gasteiger partial charge in [-0.15, -0.1) is 11.3 Å². The van der Waals surface area contributed by atoms with E-state index < -0.39 is 0 Å². The molecule has 1 fully saturated rings. The largest absolute Gasteiger partial charge is 0.373 e. The fourth-order valence-electron chi connectivity index (χ4n) is 2.62. The second kappa shape index (κ2) is 7.33. The number of morpholine rings is 1. The number of thiazole rings is 1. The van der Waals surface area contributed by atoms with E-state index in [1.807, 2.05) is 19.2 Å². The summed E-state index contributed by atoms with van der Waals surface area (Å²) in [7, 11) is 0. The number of nitrogens with zero attached hydrogens (tertiary/aromatic N) is 2. The summed E-state index contributed by atoms with van der Waals surface area (Å²) in [6.45, 7) is 10.9. The molecular formula is C15H25N3O2S. The number of hydrogen-bond acceptors (Lipinski definition) is 5. The Labute approximate surface area is 130 Å². The SMILES string of the molecule is CC(C)CC(=O)Nc1nc(CN2CC(C)OC(C)C2)cs1. The molecule has 1 amide bonds. The number of ether oxygens (including phenoxy) is 1. The van der Waals surface area contributed by atoms with Gasteiger partial charge in [-0.2, -0.15) is 0 Å². The van der Waals surface area contributed by atoms with Crippen LogP contribution in [0.4, 0.5) is 5.13 Å². The molecule has 118 valence electrons. The maximum atomic E-state index is 11.7. The van der Waals surface area contributed by atoms with Crippen molar-refractivity contribution in [2.45, 2.75) is 52.9 Å². The third-order valence-electron chi connectivity index (χ3n) is 3.27. The van der Waals surface area contributed by atoms with Crippen LogP contribution in [0.2, 0.25) is 0 Å². The van der Waals surface area contributed by atoms with Gasteiger partial charge in [0.05, 0.1) is 17.9 Å². The minimum atomic E-state index is 0.0412. The van der Waals surface area contributed by atoms with Gasteiger partial charge in [-0.3, -0.25) is 9.69 Å². The number of nitrogens with one attached hydrogen (secondary N) is 1. The summed E-state index contributed by atoms with van der Waals surface area (Å²) in [5, 5.41) is 5.60. The molecule has 1 saturated heterocycles. The first-order valence-electron chi connectivity index (χ1n) is 7.54. The Balaban J connectivity index is 1.86. The lowest BCUT2D eigenvalue weighted by atomic mass is 10.1. The van der Waals surface area contributed by atoms with E-state index in [0.29, 0.717) is 17.5 Å². The summed E-state index contributed by atoms with van der Waals surface area (Å²) in [4.78, 5) is 18.6. The normalized spacial score (nSPS) is 23.5. The van der Waals surface area contributed by atoms with Gasteiger partial charge in [0.1, 0.15) is 0 Å². The molecule has 6 heteroatoms. The molecule has 0 bridgehead atoms. The molecule has 2 unspecified atom stereocenters. The second-order valence-corrected chi connectivity index (χ2v) is 7.10. The third kappa shape index (κ3) is 5.37. The van der Waals surface area contributed by atoms with E-state index in [2.05, 4.69) is 29.0 Å². The minimum Gasteiger partial charge on any atom is -0.373 e. The topological polar surface area (TPSA) is 54.5 Å². The van der Waals surface area contributed by atoms with Gasteiger partial charge < -0.3 is 10.1 Å². The van der Waals surface area contributed by atoms with E-state index >= 15 is 0 Å². The highest BCUT2D eigenvalue weighted by Gasteiger charge is 2.22. The second-order valence-electron chi connectivity index (χ2n) is 6.24. The molecule has 1 aromatic rings. The van der Waals surface area contributed by atoms with Crippen molar-refractivity contribution in [3.05, 3.63) is 11.1 Å². The predicted octanol–water partition coefficient (Wildman–Crippen LogP) is 2.74. The molecule has 1 N–H and O–H groups in total. The number of aromatic nitrogens is 1. The molecule has 1 aliphatic rings. The lowest BCUT2D eigenvalue weighted by Gasteiger charge is -2.34. The Morgan fingerprint density at radius 3 is 2.76 bits per heavy atom. The van der Waals surface area contributed by atoms with Gasteiger partial charge in [-0.25, -0.2) is 4.98 Å². The Morgan fingerprint density at radius 1 is 1.48 bits per heavy atom. The average Bonchev–Trinajstić information content (AvgIpc) is 2.73. The van der Waals surface area contributed by atoms with E-state index in [1.165, 1.54) is 11.3 Å². The average molecular weight is 311 g/mol. The number of anilines is 1. The van der Waals surface area contributed by atoms with Gasteiger partial charge in [0.2, 0.25) is 5.91 Å². The minimum absolute atomic E-state index is 0.0412. The van der Waals surface area contributed by atoms with Gasteiger partial charge in [0.15, 0.2) is 5.13 Å². The van der Waals surface area contributed by atoms with Crippen molar-refractivity contribution in [1.82, 2.24) is 9.88 Å². The Morgan fingerprint density at radius 2 is 2.14 bits per heavy atom. The molecule has 0 aliphatic carbocycles. The van der Waals surface area contributed by atoms with Crippen LogP contribution in [0.25, 0.3) is 0 Å². The molecule has 2 rings (SSSR count). The Kier molecular flexibility index (Phi) is 5.72. The van der Waals surface area contributed by atoms with Crippen LogP contribution in [-0.2, 0) is 16.1 Å². The van der Waals surface area contributed by atoms with Crippen LogP contribution in [0, 0.1) is 5.92 Å². The highest BCUT2D eigenvalue weighted by atomic mass is 32.1. The molecule has 2 heterocycles. The zero-order valence-corrected chi connectivity index (χ0v) is 14.1. The summed E-state index contributed by atoms with van der Waals surface area (Å²) in [6, 6.07) is 0. The van der Waals surface area contributed by atoms with Crippen LogP contribution >= 0.6 is 11.3 Å². The maximum absolute atomic E-state index is 11.7. The van der Waals surface area contributed by atoms with Crippen LogP contribution in [0.1, 0.15) is 39.8 Å². The van der Waals surface area contributed by atoms with Crippen molar-refractivity contribution in [1.29, 1.82) is 0 Å². The van der Waals surface area contributed by atoms with Crippen molar-refractivity contribution >= 4 is 22.4 Å². The number of carbonyl (C=O) groups is 1. The molecule has 2 atom stereocenters. The van der Waals surface area contributed by atoms with Crippen molar-refractivity contribution < 1.29 is 9.53 Å². The van der Waals surface area contributed by atoms with Gasteiger partial charge >= 0.3 is 0 Å². The zero-order chi connectivity index (χ0) is 15.4. The van der Waals surface area contributed by atoms with E-state index in [4.69, 9.17) is 4.74 Å². The molecule has 0 saturated carbocycles. The van der Waals surface area contributed by atoms with Crippen LogP contribution < -0.4 is 5.32 Å². The van der Waals surface area contributed by atoms with Crippen molar-refractivity contribution in [2.75, 3.05) is 18.4 Å². The summed E-state index contributed by atoms with van der Waals surface area (Å²) < 4.78 is 5.73. The first-order valence-corrected chi connectivity index (χ1v) is 8.42. The zero-order valence-electron chi connectivity index (χ0n) is 13.3. The molecule has 0 aromatic carbocycles. The first-order chi connectivity index (χ1) is 9.92. The van der Waals surface area contributed by atoms with E-state index in [9.17, 15) is 4.79 Å². The molecule has 5 nitrogen and oxygen atoms in total. The molecule has 0 spiro atoms. The first kappa shape index (κ1) is 16.4. The molecule has 0 radical (unpaired) electrons. The van der Waals surface area contributed by atoms with Crippen LogP contribution in [-0.4, -0.2) is 41.1 Å².